The zero-order valence-corrected chi connectivity index (χ0v) is 64.7. The maximum absolute atomic E-state index is 14.2. The second kappa shape index (κ2) is 33.8. The average molecular weight is 1550 g/mol. The summed E-state index contributed by atoms with van der Waals surface area (Å²) in [6.07, 6.45) is 13.8. The van der Waals surface area contributed by atoms with E-state index in [4.69, 9.17) is 51.6 Å². The Labute approximate surface area is 643 Å². The number of rotatable bonds is 12. The van der Waals surface area contributed by atoms with Gasteiger partial charge in [-0.2, -0.15) is 0 Å². The van der Waals surface area contributed by atoms with Gasteiger partial charge in [-0.05, 0) is 220 Å². The molecule has 4 bridgehead atoms. The number of carbonyl (C=O) groups is 4. The van der Waals surface area contributed by atoms with Crippen LogP contribution in [0.2, 0.25) is 10.0 Å². The molecule has 0 saturated heterocycles. The Morgan fingerprint density at radius 3 is 1.35 bits per heavy atom. The molecule has 4 aliphatic carbocycles. The summed E-state index contributed by atoms with van der Waals surface area (Å²) in [5, 5.41) is 22.0. The van der Waals surface area contributed by atoms with E-state index in [1.165, 1.54) is 36.5 Å². The third kappa shape index (κ3) is 17.5. The minimum Gasteiger partial charge on any atom is -0.490 e. The summed E-state index contributed by atoms with van der Waals surface area (Å²) in [5.74, 6) is -2.03. The number of benzene rings is 6. The van der Waals surface area contributed by atoms with Gasteiger partial charge in [0.1, 0.15) is 23.7 Å². The molecule has 0 unspecified atom stereocenters. The van der Waals surface area contributed by atoms with E-state index in [0.717, 1.165) is 75.6 Å². The van der Waals surface area contributed by atoms with Gasteiger partial charge in [-0.15, -0.1) is 0 Å². The van der Waals surface area contributed by atoms with Crippen LogP contribution in [0.1, 0.15) is 155 Å². The van der Waals surface area contributed by atoms with E-state index in [0.29, 0.717) is 84.9 Å². The number of nitrogens with one attached hydrogen (secondary N) is 2. The van der Waals surface area contributed by atoms with Crippen molar-refractivity contribution >= 4 is 78.4 Å². The highest BCUT2D eigenvalue weighted by Crippen LogP contribution is 2.50. The molecule has 4 N–H and O–H groups in total. The molecule has 2 spiro atoms. The average Bonchev–Trinajstić information content (AvgIpc) is 1.50. The monoisotopic (exact) mass is 1550 g/mol. The van der Waals surface area contributed by atoms with Gasteiger partial charge in [0.15, 0.2) is 0 Å². The summed E-state index contributed by atoms with van der Waals surface area (Å²) < 4.78 is 97.1. The summed E-state index contributed by atoms with van der Waals surface area (Å²) in [6.45, 7) is 6.96. The predicted octanol–water partition coefficient (Wildman–Crippen LogP) is 13.0. The number of aliphatic hydroxyl groups excluding tert-OH is 2. The van der Waals surface area contributed by atoms with Crippen LogP contribution in [-0.2, 0) is 62.7 Å². The molecule has 14 atom stereocenters. The Hall–Kier alpha value is -7.80. The largest absolute Gasteiger partial charge is 0.490 e. The van der Waals surface area contributed by atoms with Gasteiger partial charge in [-0.3, -0.25) is 9.59 Å². The first-order chi connectivity index (χ1) is 51.9. The molecule has 14 rings (SSSR count). The van der Waals surface area contributed by atoms with Gasteiger partial charge in [-0.1, -0.05) is 110 Å². The van der Waals surface area contributed by atoms with Crippen LogP contribution in [0.3, 0.4) is 0 Å². The lowest BCUT2D eigenvalue weighted by molar-refractivity contribution is 0.00118. The highest BCUT2D eigenvalue weighted by molar-refractivity contribution is 7.91. The Balaban J connectivity index is 0.000000190. The zero-order valence-electron chi connectivity index (χ0n) is 61.6. The van der Waals surface area contributed by atoms with Crippen LogP contribution < -0.4 is 28.7 Å². The number of hydrogen-bond donors (Lipinski definition) is 4. The lowest BCUT2D eigenvalue weighted by atomic mass is 9.68. The highest BCUT2D eigenvalue weighted by atomic mass is 35.5. The highest BCUT2D eigenvalue weighted by Gasteiger charge is 2.48. The smallest absolute Gasteiger partial charge is 0.338 e. The Kier molecular flexibility index (Phi) is 24.5. The number of amides is 2. The lowest BCUT2D eigenvalue weighted by Gasteiger charge is -2.45. The molecular weight excluding hydrogens is 1460 g/mol. The quantitative estimate of drug-likeness (QED) is 0.0655. The van der Waals surface area contributed by atoms with E-state index in [2.05, 4.69) is 43.5 Å². The molecule has 6 aromatic carbocycles. The number of aryl methyl sites for hydroxylation is 2. The minimum atomic E-state index is -4.33. The SMILES string of the molecule is COC[C@H](C[C@@H]1[C@@H](C)C/C=C/[C@H](O)[C@@H]2CC[C@H]2CN2C[C@@]3(CCCc4cc(Cl)ccc43)COc3ccc(cc32)C(=O)NS1(=O)=O)OC(=O)c1ccccc1.COC[C@H](C[C@H]1[C@@H](C)C/C=C/[C@H](O)[C@@H]2CC[C@H]2CN2C[C@@]3(CCCc4cc(Cl)ccc43)COc3ccc(cc32)C(=O)NS1(=O)=O)OC(=O)c1ccccc1. The molecule has 0 aromatic heterocycles. The number of nitrogens with zero attached hydrogens (tertiary/aromatic N) is 2. The van der Waals surface area contributed by atoms with Crippen LogP contribution in [0, 0.1) is 35.5 Å². The molecular formula is C84H98Cl2N4O16S2. The van der Waals surface area contributed by atoms with Crippen LogP contribution in [0.25, 0.3) is 0 Å². The predicted molar refractivity (Wildman–Crippen MR) is 415 cm³/mol. The topological polar surface area (TPSA) is 263 Å². The lowest BCUT2D eigenvalue weighted by Crippen LogP contribution is -2.49. The second-order valence-corrected chi connectivity index (χ2v) is 35.7. The molecule has 2 saturated carbocycles. The van der Waals surface area contributed by atoms with Crippen molar-refractivity contribution in [1.82, 2.24) is 9.44 Å². The van der Waals surface area contributed by atoms with Gasteiger partial charge in [0.05, 0.1) is 71.6 Å². The maximum Gasteiger partial charge on any atom is 0.338 e. The third-order valence-corrected chi connectivity index (χ3v) is 28.1. The van der Waals surface area contributed by atoms with Crippen molar-refractivity contribution in [3.05, 3.63) is 212 Å². The molecule has 24 heteroatoms. The molecule has 20 nitrogen and oxygen atoms in total. The normalized spacial score (nSPS) is 28.9. The number of methoxy groups -OCH3 is 2. The fourth-order valence-corrected chi connectivity index (χ4v) is 21.5. The van der Waals surface area contributed by atoms with Gasteiger partial charge in [0.25, 0.3) is 11.8 Å². The number of ether oxygens (including phenoxy) is 6. The van der Waals surface area contributed by atoms with Gasteiger partial charge in [0.2, 0.25) is 20.0 Å². The van der Waals surface area contributed by atoms with Crippen molar-refractivity contribution in [1.29, 1.82) is 0 Å². The number of fused-ring (bicyclic) bond motifs is 8. The van der Waals surface area contributed by atoms with E-state index < -0.39 is 90.6 Å². The number of carbonyl (C=O) groups excluding carboxylic acids is 4. The van der Waals surface area contributed by atoms with Crippen LogP contribution in [0.15, 0.2) is 158 Å². The van der Waals surface area contributed by atoms with E-state index in [9.17, 15) is 46.2 Å². The number of anilines is 2. The molecule has 2 amide bonds. The first-order valence-corrected chi connectivity index (χ1v) is 41.7. The molecule has 6 aromatic rings. The first-order valence-electron chi connectivity index (χ1n) is 37.9. The number of esters is 2. The second-order valence-electron chi connectivity index (χ2n) is 31.0. The summed E-state index contributed by atoms with van der Waals surface area (Å²) in [7, 11) is -5.76. The zero-order chi connectivity index (χ0) is 76.1. The summed E-state index contributed by atoms with van der Waals surface area (Å²) in [4.78, 5) is 58.6. The Morgan fingerprint density at radius 2 is 0.972 bits per heavy atom. The van der Waals surface area contributed by atoms with E-state index >= 15 is 0 Å². The summed E-state index contributed by atoms with van der Waals surface area (Å²) >= 11 is 12.9. The van der Waals surface area contributed by atoms with Crippen molar-refractivity contribution < 1.29 is 74.6 Å². The van der Waals surface area contributed by atoms with Crippen LogP contribution >= 0.6 is 23.2 Å². The first kappa shape index (κ1) is 78.3. The van der Waals surface area contributed by atoms with Crippen molar-refractivity contribution in [2.75, 3.05) is 76.6 Å². The van der Waals surface area contributed by atoms with Gasteiger partial charge in [0, 0.05) is 85.2 Å². The van der Waals surface area contributed by atoms with Crippen LogP contribution in [0.5, 0.6) is 11.5 Å². The van der Waals surface area contributed by atoms with Crippen LogP contribution in [-0.4, -0.2) is 153 Å². The molecule has 0 radical (unpaired) electrons. The summed E-state index contributed by atoms with van der Waals surface area (Å²) in [5.41, 5.74) is 6.70. The van der Waals surface area contributed by atoms with Crippen molar-refractivity contribution in [3.8, 4) is 11.5 Å². The van der Waals surface area contributed by atoms with Crippen LogP contribution in [0.4, 0.5) is 11.4 Å². The van der Waals surface area contributed by atoms with Crippen molar-refractivity contribution in [2.24, 2.45) is 35.5 Å². The molecule has 576 valence electrons. The Bertz CT molecular complexity index is 4270. The molecule has 108 heavy (non-hydrogen) atoms. The number of halogens is 2. The number of aliphatic hydroxyl groups is 2. The van der Waals surface area contributed by atoms with E-state index in [1.54, 1.807) is 123 Å². The fraction of sp³-hybridized carbons (Fsp3) is 0.476. The van der Waals surface area contributed by atoms with Gasteiger partial charge < -0.3 is 48.4 Å². The maximum atomic E-state index is 14.2. The molecule has 4 aliphatic heterocycles. The van der Waals surface area contributed by atoms with Crippen molar-refractivity contribution in [3.63, 3.8) is 0 Å². The van der Waals surface area contributed by atoms with E-state index in [1.807, 2.05) is 24.3 Å². The minimum absolute atomic E-state index is 0.0278. The van der Waals surface area contributed by atoms with Crippen molar-refractivity contribution in [2.45, 2.75) is 149 Å². The molecule has 4 heterocycles. The molecule has 8 aliphatic rings. The van der Waals surface area contributed by atoms with Gasteiger partial charge >= 0.3 is 11.9 Å². The standard InChI is InChI=1S/2C42H49ClN2O8S/c2*1-27-8-6-12-37(46)34-16-13-31(34)23-45-25-42(19-7-11-29-20-32(43)15-17-35(29)42)26-52-38-18-14-30(21-36(38)45)40(47)44-54(49,50)39(27)22-33(24-51-2)53-41(48)28-9-4-3-5-10-28/h2*3-6,9-10,12,14-15,17-18,20-21,27,31,33-34,37,39,46H,7-8,11,13,16,19,22-26H2,1-2H3,(H,44,47)/b2*12-6+/t27-,31-,33-,34+,37-,39+,42-;27-,31-,33-,34+,37-,39-,42-/m00/s1. The Morgan fingerprint density at radius 1 is 0.565 bits per heavy atom. The number of hydrogen-bond acceptors (Lipinski definition) is 18. The summed E-state index contributed by atoms with van der Waals surface area (Å²) in [6, 6.07) is 39.3. The number of allylic oxidation sites excluding steroid dienone is 2. The third-order valence-electron chi connectivity index (χ3n) is 23.8. The number of sulfonamides is 2. The van der Waals surface area contributed by atoms with Gasteiger partial charge in [-0.25, -0.2) is 35.9 Å². The van der Waals surface area contributed by atoms with E-state index in [-0.39, 0.29) is 71.7 Å². The molecule has 2 fully saturated rings. The fourth-order valence-electron chi connectivity index (χ4n) is 17.7.